The molecule has 6 nitrogen and oxygen atoms in total. The van der Waals surface area contributed by atoms with Gasteiger partial charge in [-0.3, -0.25) is 4.79 Å². The normalized spacial score (nSPS) is 14.0. The van der Waals surface area contributed by atoms with Crippen LogP contribution in [0.2, 0.25) is 0 Å². The highest BCUT2D eigenvalue weighted by Crippen LogP contribution is 2.17. The highest BCUT2D eigenvalue weighted by molar-refractivity contribution is 5.93. The largest absolute Gasteiger partial charge is 0.368 e. The Morgan fingerprint density at radius 2 is 1.52 bits per heavy atom. The number of aromatic nitrogens is 2. The number of piperazine rings is 1. The zero-order valence-electron chi connectivity index (χ0n) is 16.6. The molecule has 1 saturated heterocycles. The van der Waals surface area contributed by atoms with Crippen molar-refractivity contribution in [2.75, 3.05) is 36.0 Å². The van der Waals surface area contributed by atoms with Crippen LogP contribution in [0.1, 0.15) is 21.5 Å². The molecule has 0 aliphatic carbocycles. The molecule has 1 aromatic heterocycles. The highest BCUT2D eigenvalue weighted by Gasteiger charge is 2.19. The van der Waals surface area contributed by atoms with Crippen LogP contribution in [0.15, 0.2) is 67.0 Å². The van der Waals surface area contributed by atoms with Gasteiger partial charge in [-0.1, -0.05) is 42.5 Å². The zero-order chi connectivity index (χ0) is 20.1. The summed E-state index contributed by atoms with van der Waals surface area (Å²) < 4.78 is 0. The first kappa shape index (κ1) is 18.9. The van der Waals surface area contributed by atoms with Crippen LogP contribution >= 0.6 is 0 Å². The Balaban J connectivity index is 1.32. The molecule has 1 aliphatic rings. The van der Waals surface area contributed by atoms with E-state index in [9.17, 15) is 4.79 Å². The number of benzene rings is 2. The molecule has 1 fully saturated rings. The number of hydrogen-bond donors (Lipinski definition) is 1. The maximum Gasteiger partial charge on any atom is 0.254 e. The third-order valence-corrected chi connectivity index (χ3v) is 5.28. The molecule has 0 atom stereocenters. The van der Waals surface area contributed by atoms with E-state index in [4.69, 9.17) is 0 Å². The van der Waals surface area contributed by atoms with Gasteiger partial charge in [0.1, 0.15) is 0 Å². The standard InChI is InChI=1S/C23H25N5O/c1-18-7-5-6-8-19(18)15-24-22(29)20-16-25-23(26-17-20)28-13-11-27(12-14-28)21-9-3-2-4-10-21/h2-10,16-17H,11-15H2,1H3,(H,24,29). The summed E-state index contributed by atoms with van der Waals surface area (Å²) in [6.45, 7) is 6.09. The Labute approximate surface area is 171 Å². The van der Waals surface area contributed by atoms with Gasteiger partial charge in [-0.05, 0) is 30.2 Å². The lowest BCUT2D eigenvalue weighted by Crippen LogP contribution is -2.47. The molecule has 1 N–H and O–H groups in total. The van der Waals surface area contributed by atoms with Crippen molar-refractivity contribution in [1.82, 2.24) is 15.3 Å². The van der Waals surface area contributed by atoms with Gasteiger partial charge >= 0.3 is 0 Å². The summed E-state index contributed by atoms with van der Waals surface area (Å²) in [7, 11) is 0. The Hall–Kier alpha value is -3.41. The zero-order valence-corrected chi connectivity index (χ0v) is 16.6. The Kier molecular flexibility index (Phi) is 5.70. The van der Waals surface area contributed by atoms with E-state index in [1.807, 2.05) is 37.3 Å². The first-order chi connectivity index (χ1) is 14.2. The van der Waals surface area contributed by atoms with Gasteiger partial charge < -0.3 is 15.1 Å². The molecule has 148 valence electrons. The van der Waals surface area contributed by atoms with Crippen LogP contribution in [-0.4, -0.2) is 42.1 Å². The molecule has 3 aromatic rings. The molecule has 29 heavy (non-hydrogen) atoms. The Morgan fingerprint density at radius 1 is 0.897 bits per heavy atom. The predicted molar refractivity (Wildman–Crippen MR) is 115 cm³/mol. The van der Waals surface area contributed by atoms with E-state index in [1.54, 1.807) is 12.4 Å². The van der Waals surface area contributed by atoms with Crippen molar-refractivity contribution in [3.8, 4) is 0 Å². The van der Waals surface area contributed by atoms with Crippen molar-refractivity contribution in [1.29, 1.82) is 0 Å². The quantitative estimate of drug-likeness (QED) is 0.729. The van der Waals surface area contributed by atoms with Crippen LogP contribution < -0.4 is 15.1 Å². The summed E-state index contributed by atoms with van der Waals surface area (Å²) >= 11 is 0. The number of aryl methyl sites for hydroxylation is 1. The average molecular weight is 387 g/mol. The maximum absolute atomic E-state index is 12.4. The topological polar surface area (TPSA) is 61.4 Å². The van der Waals surface area contributed by atoms with Crippen molar-refractivity contribution in [3.63, 3.8) is 0 Å². The lowest BCUT2D eigenvalue weighted by atomic mass is 10.1. The van der Waals surface area contributed by atoms with E-state index in [0.29, 0.717) is 18.1 Å². The van der Waals surface area contributed by atoms with Gasteiger partial charge in [-0.15, -0.1) is 0 Å². The second kappa shape index (κ2) is 8.73. The minimum atomic E-state index is -0.159. The third kappa shape index (κ3) is 4.54. The van der Waals surface area contributed by atoms with Gasteiger partial charge in [0.25, 0.3) is 5.91 Å². The minimum absolute atomic E-state index is 0.159. The molecule has 0 saturated carbocycles. The van der Waals surface area contributed by atoms with Gasteiger partial charge in [-0.2, -0.15) is 0 Å². The summed E-state index contributed by atoms with van der Waals surface area (Å²) in [5.74, 6) is 0.516. The van der Waals surface area contributed by atoms with Crippen molar-refractivity contribution < 1.29 is 4.79 Å². The van der Waals surface area contributed by atoms with E-state index in [-0.39, 0.29) is 5.91 Å². The first-order valence-corrected chi connectivity index (χ1v) is 9.90. The summed E-state index contributed by atoms with van der Waals surface area (Å²) in [6.07, 6.45) is 3.22. The summed E-state index contributed by atoms with van der Waals surface area (Å²) in [5, 5.41) is 2.94. The number of anilines is 2. The number of amides is 1. The van der Waals surface area contributed by atoms with E-state index < -0.39 is 0 Å². The van der Waals surface area contributed by atoms with Crippen LogP contribution in [0.3, 0.4) is 0 Å². The fraction of sp³-hybridized carbons (Fsp3) is 0.261. The van der Waals surface area contributed by atoms with Crippen LogP contribution in [0, 0.1) is 6.92 Å². The van der Waals surface area contributed by atoms with Crippen LogP contribution in [0.5, 0.6) is 0 Å². The van der Waals surface area contributed by atoms with Crippen LogP contribution in [-0.2, 0) is 6.54 Å². The van der Waals surface area contributed by atoms with Crippen LogP contribution in [0.4, 0.5) is 11.6 Å². The molecular formula is C23H25N5O. The first-order valence-electron chi connectivity index (χ1n) is 9.90. The van der Waals surface area contributed by atoms with Gasteiger partial charge in [-0.25, -0.2) is 9.97 Å². The fourth-order valence-electron chi connectivity index (χ4n) is 3.49. The second-order valence-corrected chi connectivity index (χ2v) is 7.19. The maximum atomic E-state index is 12.4. The van der Waals surface area contributed by atoms with Crippen molar-refractivity contribution in [2.45, 2.75) is 13.5 Å². The molecule has 0 radical (unpaired) electrons. The van der Waals surface area contributed by atoms with Crippen molar-refractivity contribution in [2.24, 2.45) is 0 Å². The fourth-order valence-corrected chi connectivity index (χ4v) is 3.49. The minimum Gasteiger partial charge on any atom is -0.368 e. The van der Waals surface area contributed by atoms with Crippen molar-refractivity contribution >= 4 is 17.5 Å². The summed E-state index contributed by atoms with van der Waals surface area (Å²) in [6, 6.07) is 18.5. The number of nitrogens with zero attached hydrogens (tertiary/aromatic N) is 4. The second-order valence-electron chi connectivity index (χ2n) is 7.19. The number of carbonyl (C=O) groups excluding carboxylic acids is 1. The number of carbonyl (C=O) groups is 1. The Morgan fingerprint density at radius 3 is 2.21 bits per heavy atom. The Bertz CT molecular complexity index is 951. The van der Waals surface area contributed by atoms with E-state index >= 15 is 0 Å². The molecule has 0 unspecified atom stereocenters. The molecule has 1 amide bonds. The molecular weight excluding hydrogens is 362 g/mol. The lowest BCUT2D eigenvalue weighted by Gasteiger charge is -2.36. The summed E-state index contributed by atoms with van der Waals surface area (Å²) in [5.41, 5.74) is 3.99. The third-order valence-electron chi connectivity index (χ3n) is 5.28. The van der Waals surface area contributed by atoms with Gasteiger partial charge in [0.2, 0.25) is 5.95 Å². The molecule has 2 aromatic carbocycles. The van der Waals surface area contributed by atoms with E-state index in [1.165, 1.54) is 5.69 Å². The number of rotatable bonds is 5. The molecule has 2 heterocycles. The smallest absolute Gasteiger partial charge is 0.254 e. The summed E-state index contributed by atoms with van der Waals surface area (Å²) in [4.78, 5) is 25.8. The molecule has 0 spiro atoms. The monoisotopic (exact) mass is 387 g/mol. The van der Waals surface area contributed by atoms with Gasteiger partial charge in [0, 0.05) is 50.8 Å². The van der Waals surface area contributed by atoms with E-state index in [0.717, 1.165) is 37.3 Å². The SMILES string of the molecule is Cc1ccccc1CNC(=O)c1cnc(N2CCN(c3ccccc3)CC2)nc1. The molecule has 6 heteroatoms. The number of para-hydroxylation sites is 1. The van der Waals surface area contributed by atoms with E-state index in [2.05, 4.69) is 49.4 Å². The van der Waals surface area contributed by atoms with Gasteiger partial charge in [0.15, 0.2) is 0 Å². The molecule has 1 aliphatic heterocycles. The number of nitrogens with one attached hydrogen (secondary N) is 1. The average Bonchev–Trinajstić information content (AvgIpc) is 2.79. The van der Waals surface area contributed by atoms with Crippen molar-refractivity contribution in [3.05, 3.63) is 83.7 Å². The van der Waals surface area contributed by atoms with Gasteiger partial charge in [0.05, 0.1) is 5.56 Å². The number of hydrogen-bond acceptors (Lipinski definition) is 5. The van der Waals surface area contributed by atoms with Crippen LogP contribution in [0.25, 0.3) is 0 Å². The predicted octanol–water partition coefficient (Wildman–Crippen LogP) is 3.04. The molecule has 0 bridgehead atoms. The highest BCUT2D eigenvalue weighted by atomic mass is 16.1. The lowest BCUT2D eigenvalue weighted by molar-refractivity contribution is 0.0950. The molecule has 4 rings (SSSR count).